The Kier molecular flexibility index (Phi) is 6.06. The van der Waals surface area contributed by atoms with Gasteiger partial charge in [-0.25, -0.2) is 4.79 Å². The molecule has 37 heavy (non-hydrogen) atoms. The molecule has 2 bridgehead atoms. The van der Waals surface area contributed by atoms with Crippen LogP contribution in [0.3, 0.4) is 0 Å². The Morgan fingerprint density at radius 3 is 2.30 bits per heavy atom. The van der Waals surface area contributed by atoms with Crippen molar-refractivity contribution in [2.24, 2.45) is 0 Å². The lowest BCUT2D eigenvalue weighted by atomic mass is 9.83. The largest absolute Gasteiger partial charge is 0.448 e. The Balaban J connectivity index is 1.17. The van der Waals surface area contributed by atoms with E-state index in [0.717, 1.165) is 30.9 Å². The van der Waals surface area contributed by atoms with E-state index in [1.807, 2.05) is 29.2 Å². The first-order valence-electron chi connectivity index (χ1n) is 12.9. The molecule has 0 radical (unpaired) electrons. The highest BCUT2D eigenvalue weighted by Crippen LogP contribution is 2.45. The maximum absolute atomic E-state index is 13.4. The molecule has 1 aliphatic carbocycles. The maximum atomic E-state index is 13.4. The lowest BCUT2D eigenvalue weighted by Gasteiger charge is -2.44. The van der Waals surface area contributed by atoms with Crippen LogP contribution >= 0.6 is 0 Å². The molecule has 3 aromatic carbocycles. The van der Waals surface area contributed by atoms with Crippen molar-refractivity contribution in [3.05, 3.63) is 107 Å². The van der Waals surface area contributed by atoms with Crippen LogP contribution in [0.2, 0.25) is 0 Å². The second kappa shape index (κ2) is 9.40. The number of fused-ring (bicyclic) bond motifs is 5. The van der Waals surface area contributed by atoms with Gasteiger partial charge in [-0.15, -0.1) is 0 Å². The molecule has 1 fully saturated rings. The summed E-state index contributed by atoms with van der Waals surface area (Å²) in [5.41, 5.74) is 5.86. The van der Waals surface area contributed by atoms with E-state index in [2.05, 4.69) is 30.3 Å². The van der Waals surface area contributed by atoms with Gasteiger partial charge in [-0.05, 0) is 66.0 Å². The lowest BCUT2D eigenvalue weighted by molar-refractivity contribution is -0.137. The van der Waals surface area contributed by atoms with Crippen molar-refractivity contribution in [2.45, 2.75) is 56.3 Å². The molecule has 2 aliphatic heterocycles. The Morgan fingerprint density at radius 1 is 0.919 bits per heavy atom. The van der Waals surface area contributed by atoms with Crippen LogP contribution in [0.25, 0.3) is 11.1 Å². The van der Waals surface area contributed by atoms with Gasteiger partial charge in [0.1, 0.15) is 6.61 Å². The zero-order valence-electron chi connectivity index (χ0n) is 20.4. The molecule has 0 spiro atoms. The predicted octanol–water partition coefficient (Wildman–Crippen LogP) is 7.75. The molecule has 190 valence electrons. The third-order valence-corrected chi connectivity index (χ3v) is 7.95. The minimum Gasteiger partial charge on any atom is -0.448 e. The zero-order chi connectivity index (χ0) is 25.6. The summed E-state index contributed by atoms with van der Waals surface area (Å²) in [6.45, 7) is 0.281. The Bertz CT molecular complexity index is 1320. The number of hydrogen-bond acceptors (Lipinski definition) is 2. The molecule has 2 atom stereocenters. The number of benzene rings is 3. The van der Waals surface area contributed by atoms with Crippen molar-refractivity contribution in [1.82, 2.24) is 4.90 Å². The Morgan fingerprint density at radius 2 is 1.62 bits per heavy atom. The average Bonchev–Trinajstić information content (AvgIpc) is 3.20. The summed E-state index contributed by atoms with van der Waals surface area (Å²) in [5.74, 6) is 0.00740. The van der Waals surface area contributed by atoms with Gasteiger partial charge in [0.05, 0.1) is 11.6 Å². The first kappa shape index (κ1) is 23.8. The number of halogens is 3. The first-order valence-corrected chi connectivity index (χ1v) is 12.9. The van der Waals surface area contributed by atoms with E-state index in [-0.39, 0.29) is 30.7 Å². The number of carbonyl (C=O) groups is 1. The van der Waals surface area contributed by atoms with Crippen molar-refractivity contribution < 1.29 is 22.7 Å². The van der Waals surface area contributed by atoms with Crippen LogP contribution in [0.4, 0.5) is 18.0 Å². The fourth-order valence-electron chi connectivity index (χ4n) is 6.32. The summed E-state index contributed by atoms with van der Waals surface area (Å²) >= 11 is 0. The van der Waals surface area contributed by atoms with E-state index >= 15 is 0 Å². The van der Waals surface area contributed by atoms with Crippen molar-refractivity contribution in [2.75, 3.05) is 6.61 Å². The fraction of sp³-hybridized carbons (Fsp3) is 0.323. The van der Waals surface area contributed by atoms with Crippen LogP contribution in [0, 0.1) is 0 Å². The summed E-state index contributed by atoms with van der Waals surface area (Å²) in [4.78, 5) is 15.2. The quantitative estimate of drug-likeness (QED) is 0.341. The Labute approximate surface area is 214 Å². The topological polar surface area (TPSA) is 29.5 Å². The molecule has 0 aromatic heterocycles. The van der Waals surface area contributed by atoms with Crippen LogP contribution in [-0.2, 0) is 17.3 Å². The summed E-state index contributed by atoms with van der Waals surface area (Å²) in [5, 5.41) is 0. The zero-order valence-corrected chi connectivity index (χ0v) is 20.4. The molecule has 3 nitrogen and oxygen atoms in total. The fourth-order valence-corrected chi connectivity index (χ4v) is 6.32. The molecule has 0 N–H and O–H groups in total. The molecule has 2 unspecified atom stereocenters. The lowest BCUT2D eigenvalue weighted by Crippen LogP contribution is -2.52. The van der Waals surface area contributed by atoms with Gasteiger partial charge >= 0.3 is 12.3 Å². The van der Waals surface area contributed by atoms with Gasteiger partial charge < -0.3 is 4.74 Å². The second-order valence-corrected chi connectivity index (χ2v) is 10.3. The highest BCUT2D eigenvalue weighted by molar-refractivity contribution is 5.79. The van der Waals surface area contributed by atoms with Crippen molar-refractivity contribution in [3.8, 4) is 11.1 Å². The number of nitrogens with zero attached hydrogens (tertiary/aromatic N) is 1. The standard InChI is InChI=1S/C31H28F3NO2/c32-31(33,34)22-8-5-7-20(16-22)15-21-17-23-9-6-10-24(18-21)35(23)30(36)37-19-29-27-13-3-1-11-25(27)26-12-2-4-14-28(26)29/h1-5,7-8,11-14,16-17,23-24,29H,6,9-10,15,18-19H2. The van der Waals surface area contributed by atoms with E-state index in [4.69, 9.17) is 4.74 Å². The maximum Gasteiger partial charge on any atom is 0.416 e. The molecule has 2 heterocycles. The smallest absolute Gasteiger partial charge is 0.416 e. The summed E-state index contributed by atoms with van der Waals surface area (Å²) in [6, 6.07) is 22.0. The monoisotopic (exact) mass is 503 g/mol. The minimum atomic E-state index is -4.35. The van der Waals surface area contributed by atoms with Crippen molar-refractivity contribution in [3.63, 3.8) is 0 Å². The Hall–Kier alpha value is -3.54. The van der Waals surface area contributed by atoms with Gasteiger partial charge in [0.25, 0.3) is 0 Å². The number of amides is 1. The molecule has 1 amide bonds. The molecule has 3 aliphatic rings. The number of hydrogen-bond donors (Lipinski definition) is 0. The van der Waals surface area contributed by atoms with Crippen molar-refractivity contribution in [1.29, 1.82) is 0 Å². The van der Waals surface area contributed by atoms with Crippen LogP contribution < -0.4 is 0 Å². The van der Waals surface area contributed by atoms with Gasteiger partial charge in [0.2, 0.25) is 0 Å². The highest BCUT2D eigenvalue weighted by Gasteiger charge is 2.39. The molecule has 6 heteroatoms. The molecular weight excluding hydrogens is 475 g/mol. The summed E-state index contributed by atoms with van der Waals surface area (Å²) in [7, 11) is 0. The highest BCUT2D eigenvalue weighted by atomic mass is 19.4. The van der Waals surface area contributed by atoms with E-state index in [0.29, 0.717) is 18.4 Å². The molecule has 0 saturated carbocycles. The molecular formula is C31H28F3NO2. The molecule has 3 aromatic rings. The van der Waals surface area contributed by atoms with E-state index in [1.54, 1.807) is 6.07 Å². The average molecular weight is 504 g/mol. The van der Waals surface area contributed by atoms with Crippen LogP contribution in [-0.4, -0.2) is 29.7 Å². The van der Waals surface area contributed by atoms with Gasteiger partial charge in [-0.1, -0.05) is 78.4 Å². The summed E-state index contributed by atoms with van der Waals surface area (Å²) < 4.78 is 45.4. The van der Waals surface area contributed by atoms with E-state index in [9.17, 15) is 18.0 Å². The predicted molar refractivity (Wildman–Crippen MR) is 136 cm³/mol. The minimum absolute atomic E-state index is 0.00740. The number of alkyl halides is 3. The summed E-state index contributed by atoms with van der Waals surface area (Å²) in [6.07, 6.45) is 1.30. The van der Waals surface area contributed by atoms with Gasteiger partial charge in [0.15, 0.2) is 0 Å². The SMILES string of the molecule is O=C(OCC1c2ccccc2-c2ccccc21)N1C2C=C(Cc3cccc(C(F)(F)F)c3)CC1CCC2. The van der Waals surface area contributed by atoms with Crippen LogP contribution in [0.15, 0.2) is 84.4 Å². The number of piperidine rings is 1. The first-order chi connectivity index (χ1) is 17.9. The molecule has 1 saturated heterocycles. The molecule has 6 rings (SSSR count). The number of ether oxygens (including phenoxy) is 1. The van der Waals surface area contributed by atoms with Crippen LogP contribution in [0.1, 0.15) is 53.9 Å². The van der Waals surface area contributed by atoms with Crippen LogP contribution in [0.5, 0.6) is 0 Å². The second-order valence-electron chi connectivity index (χ2n) is 10.3. The number of carbonyl (C=O) groups excluding carboxylic acids is 1. The third kappa shape index (κ3) is 4.54. The van der Waals surface area contributed by atoms with E-state index in [1.165, 1.54) is 34.4 Å². The van der Waals surface area contributed by atoms with Crippen molar-refractivity contribution >= 4 is 6.09 Å². The van der Waals surface area contributed by atoms with Gasteiger partial charge in [-0.3, -0.25) is 4.90 Å². The third-order valence-electron chi connectivity index (χ3n) is 7.95. The normalized spacial score (nSPS) is 20.7. The van der Waals surface area contributed by atoms with Gasteiger partial charge in [0, 0.05) is 12.0 Å². The van der Waals surface area contributed by atoms with Gasteiger partial charge in [-0.2, -0.15) is 13.2 Å². The number of rotatable bonds is 4. The van der Waals surface area contributed by atoms with E-state index < -0.39 is 11.7 Å².